The van der Waals surface area contributed by atoms with Gasteiger partial charge in [0.2, 0.25) is 0 Å². The molecule has 16 heavy (non-hydrogen) atoms. The fourth-order valence-corrected chi connectivity index (χ4v) is 2.62. The Bertz CT molecular complexity index is 264. The molecule has 2 aliphatic heterocycles. The summed E-state index contributed by atoms with van der Waals surface area (Å²) in [6.07, 6.45) is 2.77. The molecule has 2 aliphatic rings. The Morgan fingerprint density at radius 2 is 1.94 bits per heavy atom. The van der Waals surface area contributed by atoms with Gasteiger partial charge in [0, 0.05) is 19.3 Å². The summed E-state index contributed by atoms with van der Waals surface area (Å²) in [5.74, 6) is 0. The molecule has 0 N–H and O–H groups in total. The summed E-state index contributed by atoms with van der Waals surface area (Å²) in [7, 11) is 2.05. The Balaban J connectivity index is 2.05. The Kier molecular flexibility index (Phi) is 3.85. The van der Waals surface area contributed by atoms with Crippen molar-refractivity contribution in [3.8, 4) is 0 Å². The summed E-state index contributed by atoms with van der Waals surface area (Å²) in [5, 5.41) is 0. The molecule has 0 radical (unpaired) electrons. The molecule has 0 aromatic heterocycles. The minimum Gasteiger partial charge on any atom is -0.373 e. The van der Waals surface area contributed by atoms with E-state index in [1.54, 1.807) is 0 Å². The van der Waals surface area contributed by atoms with Gasteiger partial charge in [-0.3, -0.25) is 14.8 Å². The number of hydrogen-bond donors (Lipinski definition) is 0. The van der Waals surface area contributed by atoms with Crippen LogP contribution in [0.25, 0.3) is 0 Å². The van der Waals surface area contributed by atoms with Crippen LogP contribution in [-0.4, -0.2) is 66.6 Å². The summed E-state index contributed by atoms with van der Waals surface area (Å²) in [6.45, 7) is 6.79. The second-order valence-corrected chi connectivity index (χ2v) is 5.24. The van der Waals surface area contributed by atoms with Gasteiger partial charge in [-0.1, -0.05) is 0 Å². The van der Waals surface area contributed by atoms with Crippen molar-refractivity contribution in [1.82, 2.24) is 9.80 Å². The number of nitrogens with zero attached hydrogens (tertiary/aromatic N) is 3. The monoisotopic (exact) mass is 245 g/mol. The molecule has 2 heterocycles. The molecular weight excluding hydrogens is 226 g/mol. The van der Waals surface area contributed by atoms with Crippen molar-refractivity contribution in [2.24, 2.45) is 4.99 Å². The highest BCUT2D eigenvalue weighted by atomic mass is 35.5. The van der Waals surface area contributed by atoms with Crippen LogP contribution >= 0.6 is 11.6 Å². The predicted octanol–water partition coefficient (Wildman–Crippen LogP) is 1.00. The summed E-state index contributed by atoms with van der Waals surface area (Å²) in [6, 6.07) is 0. The predicted molar refractivity (Wildman–Crippen MR) is 66.1 cm³/mol. The van der Waals surface area contributed by atoms with Crippen LogP contribution in [-0.2, 0) is 4.74 Å². The fraction of sp³-hybridized carbons (Fsp3) is 0.909. The topological polar surface area (TPSA) is 28.1 Å². The van der Waals surface area contributed by atoms with E-state index < -0.39 is 0 Å². The highest BCUT2D eigenvalue weighted by Crippen LogP contribution is 2.19. The molecule has 0 amide bonds. The number of rotatable bonds is 1. The van der Waals surface area contributed by atoms with Gasteiger partial charge >= 0.3 is 0 Å². The zero-order valence-corrected chi connectivity index (χ0v) is 10.9. The van der Waals surface area contributed by atoms with Gasteiger partial charge in [0.15, 0.2) is 0 Å². The number of morpholine rings is 1. The summed E-state index contributed by atoms with van der Waals surface area (Å²) < 4.78 is 5.73. The molecule has 0 bridgehead atoms. The highest BCUT2D eigenvalue weighted by Gasteiger charge is 2.32. The third-order valence-electron chi connectivity index (χ3n) is 3.18. The van der Waals surface area contributed by atoms with Gasteiger partial charge < -0.3 is 4.74 Å². The molecule has 4 unspecified atom stereocenters. The van der Waals surface area contributed by atoms with Gasteiger partial charge in [0.05, 0.1) is 24.9 Å². The first-order chi connectivity index (χ1) is 7.58. The van der Waals surface area contributed by atoms with E-state index >= 15 is 0 Å². The Morgan fingerprint density at radius 3 is 2.56 bits per heavy atom. The van der Waals surface area contributed by atoms with Crippen LogP contribution in [0.2, 0.25) is 0 Å². The molecule has 0 spiro atoms. The van der Waals surface area contributed by atoms with E-state index in [9.17, 15) is 0 Å². The minimum atomic E-state index is 0.00320. The first-order valence-corrected chi connectivity index (χ1v) is 6.27. The number of hydrogen-bond acceptors (Lipinski definition) is 4. The van der Waals surface area contributed by atoms with Crippen LogP contribution in [0.1, 0.15) is 13.8 Å². The van der Waals surface area contributed by atoms with E-state index in [0.717, 1.165) is 13.1 Å². The zero-order valence-electron chi connectivity index (χ0n) is 10.1. The molecule has 0 aromatic rings. The minimum absolute atomic E-state index is 0.00320. The van der Waals surface area contributed by atoms with Gasteiger partial charge in [0.25, 0.3) is 0 Å². The maximum atomic E-state index is 6.21. The van der Waals surface area contributed by atoms with E-state index in [4.69, 9.17) is 16.3 Å². The summed E-state index contributed by atoms with van der Waals surface area (Å²) >= 11 is 6.21. The zero-order chi connectivity index (χ0) is 11.7. The van der Waals surface area contributed by atoms with Crippen LogP contribution < -0.4 is 0 Å². The third kappa shape index (κ3) is 2.56. The Hall–Kier alpha value is -0.160. The van der Waals surface area contributed by atoms with Crippen molar-refractivity contribution in [3.05, 3.63) is 0 Å². The summed E-state index contributed by atoms with van der Waals surface area (Å²) in [5.41, 5.74) is 0.00320. The first-order valence-electron chi connectivity index (χ1n) is 5.83. The second-order valence-electron chi connectivity index (χ2n) is 4.74. The standard InChI is InChI=1S/C11H20ClN3O/c1-8-6-15(7-9(2)16-8)11-5-13-4-10(12)14(11)3/h5,8-11H,4,6-7H2,1-3H3. The first kappa shape index (κ1) is 12.3. The van der Waals surface area contributed by atoms with Crippen LogP contribution in [0.15, 0.2) is 4.99 Å². The Labute approximate surface area is 102 Å². The molecule has 5 heteroatoms. The molecule has 0 saturated carbocycles. The van der Waals surface area contributed by atoms with Crippen LogP contribution in [0.4, 0.5) is 0 Å². The molecule has 1 fully saturated rings. The second kappa shape index (κ2) is 5.00. The third-order valence-corrected chi connectivity index (χ3v) is 3.62. The SMILES string of the molecule is CC1CN(C2C=NCC(Cl)N2C)CC(C)O1. The van der Waals surface area contributed by atoms with Crippen LogP contribution in [0.3, 0.4) is 0 Å². The van der Waals surface area contributed by atoms with E-state index in [0.29, 0.717) is 6.54 Å². The number of alkyl halides is 1. The van der Waals surface area contributed by atoms with Crippen molar-refractivity contribution < 1.29 is 4.74 Å². The molecule has 4 nitrogen and oxygen atoms in total. The van der Waals surface area contributed by atoms with Crippen molar-refractivity contribution in [2.45, 2.75) is 37.7 Å². The number of likely N-dealkylation sites (N-methyl/N-ethyl adjacent to an activating group) is 1. The van der Waals surface area contributed by atoms with Gasteiger partial charge in [0.1, 0.15) is 5.50 Å². The number of halogens is 1. The largest absolute Gasteiger partial charge is 0.373 e. The van der Waals surface area contributed by atoms with Crippen molar-refractivity contribution in [1.29, 1.82) is 0 Å². The van der Waals surface area contributed by atoms with Crippen LogP contribution in [0.5, 0.6) is 0 Å². The van der Waals surface area contributed by atoms with Gasteiger partial charge in [-0.2, -0.15) is 0 Å². The van der Waals surface area contributed by atoms with Gasteiger partial charge in [-0.25, -0.2) is 0 Å². The number of ether oxygens (including phenoxy) is 1. The Morgan fingerprint density at radius 1 is 1.31 bits per heavy atom. The smallest absolute Gasteiger partial charge is 0.106 e. The van der Waals surface area contributed by atoms with Crippen molar-refractivity contribution >= 4 is 17.8 Å². The van der Waals surface area contributed by atoms with E-state index in [-0.39, 0.29) is 23.9 Å². The average molecular weight is 246 g/mol. The van der Waals surface area contributed by atoms with Crippen LogP contribution in [0, 0.1) is 0 Å². The average Bonchev–Trinajstić information content (AvgIpc) is 2.20. The lowest BCUT2D eigenvalue weighted by atomic mass is 10.2. The maximum absolute atomic E-state index is 6.21. The van der Waals surface area contributed by atoms with E-state index in [2.05, 4.69) is 35.7 Å². The lowest BCUT2D eigenvalue weighted by Crippen LogP contribution is -2.58. The highest BCUT2D eigenvalue weighted by molar-refractivity contribution is 6.20. The normalized spacial score (nSPS) is 42.5. The quantitative estimate of drug-likeness (QED) is 0.510. The fourth-order valence-electron chi connectivity index (χ4n) is 2.43. The molecule has 2 rings (SSSR count). The molecule has 1 saturated heterocycles. The molecule has 0 aromatic carbocycles. The lowest BCUT2D eigenvalue weighted by molar-refractivity contribution is -0.0898. The van der Waals surface area contributed by atoms with E-state index in [1.807, 2.05) is 6.21 Å². The van der Waals surface area contributed by atoms with E-state index in [1.165, 1.54) is 0 Å². The summed E-state index contributed by atoms with van der Waals surface area (Å²) in [4.78, 5) is 8.89. The molecular formula is C11H20ClN3O. The number of aliphatic imine (C=N–C) groups is 1. The molecule has 4 atom stereocenters. The van der Waals surface area contributed by atoms with Crippen molar-refractivity contribution in [2.75, 3.05) is 26.7 Å². The lowest BCUT2D eigenvalue weighted by Gasteiger charge is -2.44. The van der Waals surface area contributed by atoms with Gasteiger partial charge in [-0.15, -0.1) is 11.6 Å². The molecule has 92 valence electrons. The maximum Gasteiger partial charge on any atom is 0.106 e. The van der Waals surface area contributed by atoms with Gasteiger partial charge in [-0.05, 0) is 20.9 Å². The van der Waals surface area contributed by atoms with Crippen molar-refractivity contribution in [3.63, 3.8) is 0 Å². The molecule has 0 aliphatic carbocycles.